The van der Waals surface area contributed by atoms with Crippen molar-refractivity contribution >= 4 is 11.9 Å². The van der Waals surface area contributed by atoms with Crippen molar-refractivity contribution in [3.63, 3.8) is 0 Å². The first-order valence-corrected chi connectivity index (χ1v) is 5.44. The first kappa shape index (κ1) is 14.7. The van der Waals surface area contributed by atoms with Crippen LogP contribution in [-0.2, 0) is 9.59 Å². The molecule has 0 fully saturated rings. The highest BCUT2D eigenvalue weighted by Crippen LogP contribution is 2.37. The molecule has 0 heterocycles. The van der Waals surface area contributed by atoms with Gasteiger partial charge in [-0.3, -0.25) is 9.59 Å². The van der Waals surface area contributed by atoms with Crippen LogP contribution in [0, 0.1) is 11.3 Å². The normalized spacial score (nSPS) is 12.9. The van der Waals surface area contributed by atoms with E-state index < -0.39 is 23.3 Å². The van der Waals surface area contributed by atoms with E-state index in [0.717, 1.165) is 12.0 Å². The van der Waals surface area contributed by atoms with Crippen LogP contribution in [0.25, 0.3) is 0 Å². The maximum absolute atomic E-state index is 11.0. The first-order valence-electron chi connectivity index (χ1n) is 5.44. The average Bonchev–Trinajstić information content (AvgIpc) is 2.11. The van der Waals surface area contributed by atoms with E-state index in [2.05, 4.69) is 0 Å². The number of carboxylic acids is 2. The van der Waals surface area contributed by atoms with Crippen molar-refractivity contribution in [1.29, 1.82) is 0 Å². The zero-order valence-corrected chi connectivity index (χ0v) is 10.3. The molecule has 0 atom stereocenters. The summed E-state index contributed by atoms with van der Waals surface area (Å²) in [6.45, 7) is 7.20. The molecule has 0 rings (SSSR count). The van der Waals surface area contributed by atoms with Crippen molar-refractivity contribution in [3.8, 4) is 0 Å². The zero-order chi connectivity index (χ0) is 12.9. The average molecular weight is 228 g/mol. The lowest BCUT2D eigenvalue weighted by atomic mass is 9.71. The highest BCUT2D eigenvalue weighted by molar-refractivity contribution is 5.94. The second-order valence-electron chi connectivity index (χ2n) is 4.32. The molecule has 0 aliphatic heterocycles. The lowest BCUT2D eigenvalue weighted by molar-refractivity contribution is -0.159. The molecule has 0 aromatic rings. The summed E-state index contributed by atoms with van der Waals surface area (Å²) < 4.78 is 0. The molecule has 0 aromatic heterocycles. The molecule has 0 aromatic carbocycles. The number of hydrogen-bond acceptors (Lipinski definition) is 2. The number of hydrogen-bond donors (Lipinski definition) is 2. The van der Waals surface area contributed by atoms with E-state index in [4.69, 9.17) is 10.2 Å². The van der Waals surface area contributed by atoms with E-state index in [1.807, 2.05) is 19.9 Å². The standard InChI is InChI=1S/C12H20O4/c1-5-7-8(6-2)12(3,4)9(10(13)14)11(15)16/h7,9H,5-6H2,1-4H3,(H,13,14)(H,15,16)/b8-7+. The van der Waals surface area contributed by atoms with Crippen molar-refractivity contribution in [1.82, 2.24) is 0 Å². The largest absolute Gasteiger partial charge is 0.481 e. The van der Waals surface area contributed by atoms with E-state index in [-0.39, 0.29) is 0 Å². The molecule has 16 heavy (non-hydrogen) atoms. The summed E-state index contributed by atoms with van der Waals surface area (Å²) in [5, 5.41) is 18.0. The van der Waals surface area contributed by atoms with Crippen LogP contribution in [0.2, 0.25) is 0 Å². The minimum Gasteiger partial charge on any atom is -0.481 e. The topological polar surface area (TPSA) is 74.6 Å². The molecule has 4 heteroatoms. The van der Waals surface area contributed by atoms with Crippen molar-refractivity contribution < 1.29 is 19.8 Å². The Morgan fingerprint density at radius 3 is 1.88 bits per heavy atom. The Hall–Kier alpha value is -1.32. The van der Waals surface area contributed by atoms with Gasteiger partial charge in [0.1, 0.15) is 0 Å². The van der Waals surface area contributed by atoms with Crippen LogP contribution in [0.1, 0.15) is 40.5 Å². The van der Waals surface area contributed by atoms with Crippen LogP contribution < -0.4 is 0 Å². The van der Waals surface area contributed by atoms with Crippen LogP contribution in [0.3, 0.4) is 0 Å². The third-order valence-corrected chi connectivity index (χ3v) is 2.87. The molecule has 0 radical (unpaired) electrons. The lowest BCUT2D eigenvalue weighted by Gasteiger charge is -2.31. The van der Waals surface area contributed by atoms with Gasteiger partial charge in [0.2, 0.25) is 0 Å². The van der Waals surface area contributed by atoms with Crippen molar-refractivity contribution in [2.45, 2.75) is 40.5 Å². The number of aliphatic carboxylic acids is 2. The monoisotopic (exact) mass is 228 g/mol. The summed E-state index contributed by atoms with van der Waals surface area (Å²) in [6.07, 6.45) is 3.36. The van der Waals surface area contributed by atoms with E-state index >= 15 is 0 Å². The molecule has 0 aliphatic rings. The second kappa shape index (κ2) is 5.68. The number of rotatable bonds is 6. The highest BCUT2D eigenvalue weighted by atomic mass is 16.4. The molecule has 0 saturated carbocycles. The van der Waals surface area contributed by atoms with Gasteiger partial charge in [-0.2, -0.15) is 0 Å². The number of carbonyl (C=O) groups is 2. The predicted octanol–water partition coefficient (Wildman–Crippen LogP) is 2.54. The lowest BCUT2D eigenvalue weighted by Crippen LogP contribution is -2.38. The van der Waals surface area contributed by atoms with Gasteiger partial charge >= 0.3 is 11.9 Å². The molecular weight excluding hydrogens is 208 g/mol. The highest BCUT2D eigenvalue weighted by Gasteiger charge is 2.42. The minimum atomic E-state index is -1.40. The third kappa shape index (κ3) is 3.08. The Labute approximate surface area is 96.0 Å². The Bertz CT molecular complexity index is 288. The maximum Gasteiger partial charge on any atom is 0.318 e. The van der Waals surface area contributed by atoms with Crippen LogP contribution in [0.15, 0.2) is 11.6 Å². The first-order chi connectivity index (χ1) is 7.28. The Kier molecular flexibility index (Phi) is 5.21. The molecule has 0 spiro atoms. The Balaban J connectivity index is 5.35. The van der Waals surface area contributed by atoms with E-state index in [1.54, 1.807) is 13.8 Å². The molecular formula is C12H20O4. The van der Waals surface area contributed by atoms with Crippen molar-refractivity contribution in [3.05, 3.63) is 11.6 Å². The van der Waals surface area contributed by atoms with Gasteiger partial charge in [0, 0.05) is 5.41 Å². The molecule has 0 aliphatic carbocycles. The van der Waals surface area contributed by atoms with Gasteiger partial charge in [-0.05, 0) is 12.8 Å². The summed E-state index contributed by atoms with van der Waals surface area (Å²) in [6, 6.07) is 0. The van der Waals surface area contributed by atoms with Gasteiger partial charge in [-0.25, -0.2) is 0 Å². The minimum absolute atomic E-state index is 0.665. The van der Waals surface area contributed by atoms with Crippen LogP contribution in [-0.4, -0.2) is 22.2 Å². The molecule has 2 N–H and O–H groups in total. The molecule has 0 unspecified atom stereocenters. The van der Waals surface area contributed by atoms with Gasteiger partial charge in [-0.1, -0.05) is 39.3 Å². The SMILES string of the molecule is CC/C=C(\CC)C(C)(C)C(C(=O)O)C(=O)O. The van der Waals surface area contributed by atoms with E-state index in [0.29, 0.717) is 6.42 Å². The molecule has 4 nitrogen and oxygen atoms in total. The smallest absolute Gasteiger partial charge is 0.318 e. The van der Waals surface area contributed by atoms with Gasteiger partial charge in [0.15, 0.2) is 5.92 Å². The van der Waals surface area contributed by atoms with E-state index in [9.17, 15) is 9.59 Å². The van der Waals surface area contributed by atoms with Crippen LogP contribution >= 0.6 is 0 Å². The Morgan fingerprint density at radius 1 is 1.19 bits per heavy atom. The third-order valence-electron chi connectivity index (χ3n) is 2.87. The van der Waals surface area contributed by atoms with Crippen molar-refractivity contribution in [2.24, 2.45) is 11.3 Å². The fourth-order valence-corrected chi connectivity index (χ4v) is 2.02. The zero-order valence-electron chi connectivity index (χ0n) is 10.3. The maximum atomic E-state index is 11.0. The molecule has 0 bridgehead atoms. The number of carboxylic acid groups (broad SMARTS) is 2. The molecule has 0 amide bonds. The van der Waals surface area contributed by atoms with Gasteiger partial charge in [0.25, 0.3) is 0 Å². The van der Waals surface area contributed by atoms with Gasteiger partial charge in [-0.15, -0.1) is 0 Å². The summed E-state index contributed by atoms with van der Waals surface area (Å²) in [5.74, 6) is -3.97. The van der Waals surface area contributed by atoms with Gasteiger partial charge < -0.3 is 10.2 Å². The Morgan fingerprint density at radius 2 is 1.62 bits per heavy atom. The molecule has 92 valence electrons. The number of allylic oxidation sites excluding steroid dienone is 2. The summed E-state index contributed by atoms with van der Waals surface area (Å²) >= 11 is 0. The van der Waals surface area contributed by atoms with E-state index in [1.165, 1.54) is 0 Å². The van der Waals surface area contributed by atoms with Crippen LogP contribution in [0.5, 0.6) is 0 Å². The summed E-state index contributed by atoms with van der Waals surface area (Å²) in [4.78, 5) is 22.0. The molecule has 0 saturated heterocycles. The van der Waals surface area contributed by atoms with Gasteiger partial charge in [0.05, 0.1) is 0 Å². The fraction of sp³-hybridized carbons (Fsp3) is 0.667. The fourth-order valence-electron chi connectivity index (χ4n) is 2.02. The predicted molar refractivity (Wildman–Crippen MR) is 61.2 cm³/mol. The summed E-state index contributed by atoms with van der Waals surface area (Å²) in [5.41, 5.74) is 0.0207. The van der Waals surface area contributed by atoms with Crippen LogP contribution in [0.4, 0.5) is 0 Å². The summed E-state index contributed by atoms with van der Waals surface area (Å²) in [7, 11) is 0. The van der Waals surface area contributed by atoms with Crippen molar-refractivity contribution in [2.75, 3.05) is 0 Å². The second-order valence-corrected chi connectivity index (χ2v) is 4.32. The quantitative estimate of drug-likeness (QED) is 0.541.